The summed E-state index contributed by atoms with van der Waals surface area (Å²) < 4.78 is 0. The molecular formula is C29H29N. The molecule has 150 valence electrons. The summed E-state index contributed by atoms with van der Waals surface area (Å²) in [6.45, 7) is 6.39. The number of benzene rings is 3. The number of anilines is 1. The summed E-state index contributed by atoms with van der Waals surface area (Å²) in [5.74, 6) is 6.68. The van der Waals surface area contributed by atoms with Crippen LogP contribution in [-0.2, 0) is 0 Å². The Kier molecular flexibility index (Phi) is 6.63. The highest BCUT2D eigenvalue weighted by Crippen LogP contribution is 2.26. The zero-order valence-corrected chi connectivity index (χ0v) is 18.5. The summed E-state index contributed by atoms with van der Waals surface area (Å²) in [5, 5.41) is 0. The van der Waals surface area contributed by atoms with Gasteiger partial charge in [0.15, 0.2) is 0 Å². The van der Waals surface area contributed by atoms with Gasteiger partial charge < -0.3 is 4.90 Å². The summed E-state index contributed by atoms with van der Waals surface area (Å²) in [6, 6.07) is 27.2. The Morgan fingerprint density at radius 1 is 0.800 bits per heavy atom. The fraction of sp³-hybridized carbons (Fsp3) is 0.207. The third-order valence-corrected chi connectivity index (χ3v) is 4.62. The normalized spacial score (nSPS) is 10.4. The average molecular weight is 392 g/mol. The van der Waals surface area contributed by atoms with Gasteiger partial charge in [0.1, 0.15) is 0 Å². The molecule has 1 heteroatoms. The van der Waals surface area contributed by atoms with Gasteiger partial charge >= 0.3 is 0 Å². The van der Waals surface area contributed by atoms with Crippen LogP contribution in [0.25, 0.3) is 11.6 Å². The Balaban J connectivity index is 2.15. The van der Waals surface area contributed by atoms with Crippen LogP contribution in [0.15, 0.2) is 84.6 Å². The highest BCUT2D eigenvalue weighted by molar-refractivity contribution is 5.83. The van der Waals surface area contributed by atoms with Crippen molar-refractivity contribution < 1.29 is 0 Å². The molecule has 3 aromatic carbocycles. The van der Waals surface area contributed by atoms with Gasteiger partial charge in [0.25, 0.3) is 0 Å². The van der Waals surface area contributed by atoms with E-state index in [9.17, 15) is 0 Å². The van der Waals surface area contributed by atoms with E-state index in [2.05, 4.69) is 124 Å². The Hall–Kier alpha value is -3.46. The van der Waals surface area contributed by atoms with Gasteiger partial charge in [-0.3, -0.25) is 0 Å². The molecule has 0 unspecified atom stereocenters. The Morgan fingerprint density at radius 2 is 1.47 bits per heavy atom. The van der Waals surface area contributed by atoms with Crippen LogP contribution in [0.5, 0.6) is 0 Å². The number of hydrogen-bond acceptors (Lipinski definition) is 1. The highest BCUT2D eigenvalue weighted by atomic mass is 15.1. The molecule has 0 aliphatic rings. The molecule has 1 nitrogen and oxygen atoms in total. The van der Waals surface area contributed by atoms with Crippen molar-refractivity contribution in [1.82, 2.24) is 0 Å². The van der Waals surface area contributed by atoms with Crippen LogP contribution in [0.1, 0.15) is 43.0 Å². The smallest absolute Gasteiger partial charge is 0.0367 e. The molecule has 0 spiro atoms. The van der Waals surface area contributed by atoms with Gasteiger partial charge in [-0.25, -0.2) is 0 Å². The van der Waals surface area contributed by atoms with Gasteiger partial charge in [-0.2, -0.15) is 0 Å². The Bertz CT molecular complexity index is 1130. The minimum Gasteiger partial charge on any atom is -0.378 e. The van der Waals surface area contributed by atoms with Gasteiger partial charge in [0, 0.05) is 36.3 Å². The van der Waals surface area contributed by atoms with Crippen molar-refractivity contribution in [3.8, 4) is 11.8 Å². The van der Waals surface area contributed by atoms with Crippen LogP contribution in [0.3, 0.4) is 0 Å². The molecule has 0 aliphatic carbocycles. The monoisotopic (exact) mass is 391 g/mol. The predicted octanol–water partition coefficient (Wildman–Crippen LogP) is 6.89. The average Bonchev–Trinajstić information content (AvgIpc) is 2.73. The van der Waals surface area contributed by atoms with Crippen molar-refractivity contribution in [2.45, 2.75) is 20.8 Å². The third kappa shape index (κ3) is 5.77. The van der Waals surface area contributed by atoms with Crippen molar-refractivity contribution in [3.63, 3.8) is 0 Å². The molecule has 3 aromatic rings. The molecule has 0 amide bonds. The SMILES string of the molecule is CN(C)c1cccc(C(=C=Cc2ccccc2C#CC(C)(C)C)c2ccccc2)c1. The van der Waals surface area contributed by atoms with E-state index in [0.29, 0.717) is 0 Å². The highest BCUT2D eigenvalue weighted by Gasteiger charge is 2.07. The molecule has 0 saturated carbocycles. The van der Waals surface area contributed by atoms with Crippen LogP contribution in [0.2, 0.25) is 0 Å². The molecule has 0 atom stereocenters. The third-order valence-electron chi connectivity index (χ3n) is 4.62. The van der Waals surface area contributed by atoms with Crippen LogP contribution in [0.4, 0.5) is 5.69 Å². The molecule has 0 aromatic heterocycles. The summed E-state index contributed by atoms with van der Waals surface area (Å²) in [4.78, 5) is 2.12. The molecule has 0 radical (unpaired) electrons. The number of rotatable bonds is 4. The second-order valence-electron chi connectivity index (χ2n) is 8.56. The van der Waals surface area contributed by atoms with Gasteiger partial charge in [0.2, 0.25) is 0 Å². The van der Waals surface area contributed by atoms with Crippen molar-refractivity contribution >= 4 is 17.3 Å². The van der Waals surface area contributed by atoms with E-state index in [0.717, 1.165) is 27.8 Å². The summed E-state index contributed by atoms with van der Waals surface area (Å²) >= 11 is 0. The minimum absolute atomic E-state index is 0.0333. The zero-order chi connectivity index (χ0) is 21.6. The second-order valence-corrected chi connectivity index (χ2v) is 8.56. The number of nitrogens with zero attached hydrogens (tertiary/aromatic N) is 1. The molecule has 3 rings (SSSR count). The first-order chi connectivity index (χ1) is 14.3. The standard InChI is InChI=1S/C29H29N/c1-29(2,3)21-20-24-13-10-9-12-23(24)18-19-28(25-14-7-6-8-15-25)26-16-11-17-27(22-26)30(4)5/h6-18,22H,1-5H3. The first-order valence-electron chi connectivity index (χ1n) is 10.3. The van der Waals surface area contributed by atoms with Crippen molar-refractivity contribution in [2.75, 3.05) is 19.0 Å². The fourth-order valence-corrected chi connectivity index (χ4v) is 3.02. The lowest BCUT2D eigenvalue weighted by Gasteiger charge is -2.14. The van der Waals surface area contributed by atoms with Gasteiger partial charge in [-0.05, 0) is 61.7 Å². The van der Waals surface area contributed by atoms with Gasteiger partial charge in [0.05, 0.1) is 0 Å². The predicted molar refractivity (Wildman–Crippen MR) is 130 cm³/mol. The molecule has 30 heavy (non-hydrogen) atoms. The molecule has 0 bridgehead atoms. The molecule has 0 saturated heterocycles. The Morgan fingerprint density at radius 3 is 2.17 bits per heavy atom. The van der Waals surface area contributed by atoms with E-state index in [-0.39, 0.29) is 5.41 Å². The van der Waals surface area contributed by atoms with Crippen LogP contribution in [0, 0.1) is 17.3 Å². The van der Waals surface area contributed by atoms with Crippen molar-refractivity contribution in [1.29, 1.82) is 0 Å². The van der Waals surface area contributed by atoms with E-state index in [1.54, 1.807) is 0 Å². The van der Waals surface area contributed by atoms with E-state index < -0.39 is 0 Å². The summed E-state index contributed by atoms with van der Waals surface area (Å²) in [7, 11) is 4.12. The molecular weight excluding hydrogens is 362 g/mol. The van der Waals surface area contributed by atoms with E-state index in [1.807, 2.05) is 18.2 Å². The molecule has 0 fully saturated rings. The van der Waals surface area contributed by atoms with E-state index in [1.165, 1.54) is 5.69 Å². The van der Waals surface area contributed by atoms with Crippen molar-refractivity contribution in [3.05, 3.63) is 107 Å². The van der Waals surface area contributed by atoms with Gasteiger partial charge in [-0.15, -0.1) is 5.73 Å². The first kappa shape index (κ1) is 21.3. The lowest BCUT2D eigenvalue weighted by molar-refractivity contribution is 0.571. The largest absolute Gasteiger partial charge is 0.378 e. The van der Waals surface area contributed by atoms with E-state index in [4.69, 9.17) is 0 Å². The minimum atomic E-state index is -0.0333. The Labute approximate surface area is 181 Å². The van der Waals surface area contributed by atoms with Crippen LogP contribution < -0.4 is 4.90 Å². The lowest BCUT2D eigenvalue weighted by Crippen LogP contribution is -2.08. The lowest BCUT2D eigenvalue weighted by atomic mass is 9.96. The topological polar surface area (TPSA) is 3.24 Å². The van der Waals surface area contributed by atoms with Crippen molar-refractivity contribution in [2.24, 2.45) is 5.41 Å². The van der Waals surface area contributed by atoms with Crippen LogP contribution in [-0.4, -0.2) is 14.1 Å². The zero-order valence-electron chi connectivity index (χ0n) is 18.5. The second kappa shape index (κ2) is 9.36. The maximum absolute atomic E-state index is 3.58. The van der Waals surface area contributed by atoms with E-state index >= 15 is 0 Å². The quantitative estimate of drug-likeness (QED) is 0.345. The molecule has 0 aliphatic heterocycles. The molecule has 0 heterocycles. The molecule has 0 N–H and O–H groups in total. The summed E-state index contributed by atoms with van der Waals surface area (Å²) in [6.07, 6.45) is 2.05. The van der Waals surface area contributed by atoms with Gasteiger partial charge in [-0.1, -0.05) is 72.5 Å². The fourth-order valence-electron chi connectivity index (χ4n) is 3.02. The maximum Gasteiger partial charge on any atom is 0.0367 e. The number of hydrogen-bond donors (Lipinski definition) is 0. The van der Waals surface area contributed by atoms with Crippen LogP contribution >= 0.6 is 0 Å². The first-order valence-corrected chi connectivity index (χ1v) is 10.3. The summed E-state index contributed by atoms with van der Waals surface area (Å²) in [5.41, 5.74) is 10.2. The maximum atomic E-state index is 3.58.